The number of likely N-dealkylation sites (N-methyl/N-ethyl adjacent to an activating group) is 1. The van der Waals surface area contributed by atoms with Crippen LogP contribution in [-0.4, -0.2) is 42.9 Å². The van der Waals surface area contributed by atoms with E-state index in [1.807, 2.05) is 32.7 Å². The molecule has 0 aliphatic heterocycles. The second kappa shape index (κ2) is 6.65. The summed E-state index contributed by atoms with van der Waals surface area (Å²) in [6.07, 6.45) is 1.59. The third-order valence-corrected chi connectivity index (χ3v) is 3.06. The van der Waals surface area contributed by atoms with E-state index in [1.54, 1.807) is 13.3 Å². The lowest BCUT2D eigenvalue weighted by Gasteiger charge is -2.19. The number of Topliss-reactive ketones (excluding diaryl/α,β-unsaturated/α-hetero) is 1. The zero-order valence-corrected chi connectivity index (χ0v) is 12.8. The molecule has 0 unspecified atom stereocenters. The molecule has 0 fully saturated rings. The molecule has 0 saturated heterocycles. The molecule has 0 aliphatic carbocycles. The predicted molar refractivity (Wildman–Crippen MR) is 78.1 cm³/mol. The van der Waals surface area contributed by atoms with E-state index >= 15 is 0 Å². The van der Waals surface area contributed by atoms with E-state index in [0.717, 1.165) is 0 Å². The van der Waals surface area contributed by atoms with Crippen LogP contribution in [0.2, 0.25) is 0 Å². The van der Waals surface area contributed by atoms with Gasteiger partial charge in [-0.15, -0.1) is 0 Å². The molecule has 0 radical (unpaired) electrons. The van der Waals surface area contributed by atoms with Crippen LogP contribution in [-0.2, 0) is 16.1 Å². The van der Waals surface area contributed by atoms with Gasteiger partial charge in [0.25, 0.3) is 5.56 Å². The van der Waals surface area contributed by atoms with Crippen LogP contribution < -0.4 is 10.5 Å². The van der Waals surface area contributed by atoms with Crippen molar-refractivity contribution < 1.29 is 9.53 Å². The molecule has 112 valence electrons. The summed E-state index contributed by atoms with van der Waals surface area (Å²) in [4.78, 5) is 25.8. The standard InChI is InChI=1S/C14H23N3O3/c1-14(2,3)12(18)10-17-13(19)8-11(9-15-17)16(4)6-7-20-5/h8-9H,6-7,10H2,1-5H3. The van der Waals surface area contributed by atoms with Crippen LogP contribution in [0.4, 0.5) is 5.69 Å². The number of hydrogen-bond acceptors (Lipinski definition) is 5. The van der Waals surface area contributed by atoms with Gasteiger partial charge in [-0.05, 0) is 0 Å². The van der Waals surface area contributed by atoms with Crippen molar-refractivity contribution in [2.75, 3.05) is 32.2 Å². The Kier molecular flexibility index (Phi) is 5.44. The van der Waals surface area contributed by atoms with Crippen molar-refractivity contribution in [2.24, 2.45) is 5.41 Å². The summed E-state index contributed by atoms with van der Waals surface area (Å²) in [6.45, 7) is 6.73. The normalized spacial score (nSPS) is 11.4. The van der Waals surface area contributed by atoms with Gasteiger partial charge in [0.2, 0.25) is 0 Å². The fourth-order valence-electron chi connectivity index (χ4n) is 1.48. The first-order valence-corrected chi connectivity index (χ1v) is 6.56. The highest BCUT2D eigenvalue weighted by atomic mass is 16.5. The molecule has 1 heterocycles. The van der Waals surface area contributed by atoms with Gasteiger partial charge in [0.15, 0.2) is 5.78 Å². The highest BCUT2D eigenvalue weighted by molar-refractivity contribution is 5.83. The lowest BCUT2D eigenvalue weighted by molar-refractivity contribution is -0.127. The average Bonchev–Trinajstić information content (AvgIpc) is 2.37. The van der Waals surface area contributed by atoms with Crippen LogP contribution in [0.15, 0.2) is 17.1 Å². The van der Waals surface area contributed by atoms with Crippen molar-refractivity contribution in [1.82, 2.24) is 9.78 Å². The number of ether oxygens (including phenoxy) is 1. The zero-order chi connectivity index (χ0) is 15.3. The maximum atomic E-state index is 12.0. The van der Waals surface area contributed by atoms with Gasteiger partial charge in [0.05, 0.1) is 18.5 Å². The number of methoxy groups -OCH3 is 1. The number of carbonyl (C=O) groups excluding carboxylic acids is 1. The maximum absolute atomic E-state index is 12.0. The fraction of sp³-hybridized carbons (Fsp3) is 0.643. The monoisotopic (exact) mass is 281 g/mol. The van der Waals surface area contributed by atoms with Crippen molar-refractivity contribution in [2.45, 2.75) is 27.3 Å². The molecular weight excluding hydrogens is 258 g/mol. The van der Waals surface area contributed by atoms with E-state index in [9.17, 15) is 9.59 Å². The van der Waals surface area contributed by atoms with Crippen molar-refractivity contribution in [3.05, 3.63) is 22.6 Å². The molecule has 0 amide bonds. The van der Waals surface area contributed by atoms with E-state index in [-0.39, 0.29) is 17.9 Å². The summed E-state index contributed by atoms with van der Waals surface area (Å²) in [7, 11) is 3.49. The topological polar surface area (TPSA) is 64.4 Å². The fourth-order valence-corrected chi connectivity index (χ4v) is 1.48. The summed E-state index contributed by atoms with van der Waals surface area (Å²) in [6, 6.07) is 1.48. The average molecular weight is 281 g/mol. The summed E-state index contributed by atoms with van der Waals surface area (Å²) in [5.74, 6) is -0.0208. The molecule has 20 heavy (non-hydrogen) atoms. The molecule has 0 N–H and O–H groups in total. The molecule has 0 spiro atoms. The smallest absolute Gasteiger partial charge is 0.269 e. The van der Waals surface area contributed by atoms with Crippen molar-refractivity contribution >= 4 is 11.5 Å². The maximum Gasteiger partial charge on any atom is 0.269 e. The first kappa shape index (κ1) is 16.4. The van der Waals surface area contributed by atoms with Crippen LogP contribution in [0.5, 0.6) is 0 Å². The largest absolute Gasteiger partial charge is 0.383 e. The molecular formula is C14H23N3O3. The number of carbonyl (C=O) groups is 1. The molecule has 0 bridgehead atoms. The van der Waals surface area contributed by atoms with Crippen LogP contribution in [0.25, 0.3) is 0 Å². The SMILES string of the molecule is COCCN(C)c1cnn(CC(=O)C(C)(C)C)c(=O)c1. The molecule has 1 aromatic heterocycles. The molecule has 0 aromatic carbocycles. The van der Waals surface area contributed by atoms with E-state index in [4.69, 9.17) is 4.74 Å². The number of ketones is 1. The Morgan fingerprint density at radius 3 is 2.60 bits per heavy atom. The zero-order valence-electron chi connectivity index (χ0n) is 12.8. The van der Waals surface area contributed by atoms with Crippen molar-refractivity contribution in [3.63, 3.8) is 0 Å². The lowest BCUT2D eigenvalue weighted by Crippen LogP contribution is -2.33. The summed E-state index contributed by atoms with van der Waals surface area (Å²) in [5.41, 5.74) is -0.0365. The van der Waals surface area contributed by atoms with Gasteiger partial charge >= 0.3 is 0 Å². The molecule has 6 heteroatoms. The molecule has 6 nitrogen and oxygen atoms in total. The van der Waals surface area contributed by atoms with E-state index in [0.29, 0.717) is 18.8 Å². The Morgan fingerprint density at radius 1 is 1.45 bits per heavy atom. The van der Waals surface area contributed by atoms with Gasteiger partial charge < -0.3 is 9.64 Å². The van der Waals surface area contributed by atoms with Gasteiger partial charge in [0, 0.05) is 32.2 Å². The molecule has 0 atom stereocenters. The molecule has 0 aliphatic rings. The van der Waals surface area contributed by atoms with Crippen LogP contribution in [0.1, 0.15) is 20.8 Å². The van der Waals surface area contributed by atoms with E-state index in [2.05, 4.69) is 5.10 Å². The number of aromatic nitrogens is 2. The second-order valence-electron chi connectivity index (χ2n) is 5.80. The predicted octanol–water partition coefficient (Wildman–Crippen LogP) is 0.941. The Labute approximate surface area is 119 Å². The van der Waals surface area contributed by atoms with Crippen LogP contribution >= 0.6 is 0 Å². The van der Waals surface area contributed by atoms with Gasteiger partial charge in [-0.3, -0.25) is 9.59 Å². The van der Waals surface area contributed by atoms with Crippen molar-refractivity contribution in [3.8, 4) is 0 Å². The summed E-state index contributed by atoms with van der Waals surface area (Å²) >= 11 is 0. The van der Waals surface area contributed by atoms with Crippen LogP contribution in [0, 0.1) is 5.41 Å². The minimum absolute atomic E-state index is 0.00436. The highest BCUT2D eigenvalue weighted by Crippen LogP contribution is 2.15. The minimum atomic E-state index is -0.477. The Hall–Kier alpha value is -1.69. The summed E-state index contributed by atoms with van der Waals surface area (Å²) < 4.78 is 6.18. The number of nitrogens with zero attached hydrogens (tertiary/aromatic N) is 3. The Bertz CT molecular complexity index is 517. The minimum Gasteiger partial charge on any atom is -0.383 e. The quantitative estimate of drug-likeness (QED) is 0.776. The van der Waals surface area contributed by atoms with Gasteiger partial charge in [0.1, 0.15) is 6.54 Å². The lowest BCUT2D eigenvalue weighted by atomic mass is 9.91. The number of hydrogen-bond donors (Lipinski definition) is 0. The molecule has 0 saturated carbocycles. The third kappa shape index (κ3) is 4.45. The van der Waals surface area contributed by atoms with Gasteiger partial charge in [-0.25, -0.2) is 4.68 Å². The summed E-state index contributed by atoms with van der Waals surface area (Å²) in [5, 5.41) is 4.06. The van der Waals surface area contributed by atoms with Crippen molar-refractivity contribution in [1.29, 1.82) is 0 Å². The second-order valence-corrected chi connectivity index (χ2v) is 5.80. The number of anilines is 1. The van der Waals surface area contributed by atoms with E-state index in [1.165, 1.54) is 10.7 Å². The Morgan fingerprint density at radius 2 is 2.10 bits per heavy atom. The van der Waals surface area contributed by atoms with Gasteiger partial charge in [-0.1, -0.05) is 20.8 Å². The third-order valence-electron chi connectivity index (χ3n) is 3.06. The molecule has 1 rings (SSSR count). The Balaban J connectivity index is 2.84. The van der Waals surface area contributed by atoms with Crippen LogP contribution in [0.3, 0.4) is 0 Å². The first-order valence-electron chi connectivity index (χ1n) is 6.56. The first-order chi connectivity index (χ1) is 9.25. The number of rotatable bonds is 6. The highest BCUT2D eigenvalue weighted by Gasteiger charge is 2.22. The molecule has 1 aromatic rings. The van der Waals surface area contributed by atoms with E-state index < -0.39 is 5.41 Å². The van der Waals surface area contributed by atoms with Gasteiger partial charge in [-0.2, -0.15) is 5.10 Å².